The number of hydrogen-bond donors (Lipinski definition) is 0. The lowest BCUT2D eigenvalue weighted by atomic mass is 9.86. The number of pyridine rings is 1. The number of para-hydroxylation sites is 1. The molecule has 1 atom stereocenters. The molecule has 0 spiro atoms. The van der Waals surface area contributed by atoms with E-state index in [2.05, 4.69) is 39.0 Å². The summed E-state index contributed by atoms with van der Waals surface area (Å²) in [6.07, 6.45) is 8.96. The van der Waals surface area contributed by atoms with Gasteiger partial charge in [0, 0.05) is 37.8 Å². The molecule has 1 aromatic carbocycles. The Morgan fingerprint density at radius 2 is 1.90 bits per heavy atom. The van der Waals surface area contributed by atoms with E-state index < -0.39 is 0 Å². The minimum Gasteiger partial charge on any atom is -0.375 e. The minimum atomic E-state index is 0.170. The maximum atomic E-state index is 12.6. The molecule has 2 aromatic rings. The first-order valence-electron chi connectivity index (χ1n) is 11.1. The fourth-order valence-corrected chi connectivity index (χ4v) is 5.17. The Morgan fingerprint density at radius 3 is 2.72 bits per heavy atom. The highest BCUT2D eigenvalue weighted by Gasteiger charge is 2.33. The highest BCUT2D eigenvalue weighted by Crippen LogP contribution is 2.31. The molecule has 0 aliphatic carbocycles. The molecule has 0 bridgehead atoms. The van der Waals surface area contributed by atoms with Crippen LogP contribution in [0.3, 0.4) is 0 Å². The predicted molar refractivity (Wildman–Crippen MR) is 116 cm³/mol. The van der Waals surface area contributed by atoms with Gasteiger partial charge in [0.05, 0.1) is 5.52 Å². The number of rotatable bonds is 5. The third kappa shape index (κ3) is 4.78. The monoisotopic (exact) mass is 395 g/mol. The van der Waals surface area contributed by atoms with E-state index in [1.165, 1.54) is 36.6 Å². The summed E-state index contributed by atoms with van der Waals surface area (Å²) in [6.45, 7) is 4.25. The highest BCUT2D eigenvalue weighted by molar-refractivity contribution is 5.81. The van der Waals surface area contributed by atoms with Crippen molar-refractivity contribution < 1.29 is 9.53 Å². The Kier molecular flexibility index (Phi) is 6.78. The maximum Gasteiger partial charge on any atom is 0.248 e. The summed E-state index contributed by atoms with van der Waals surface area (Å²) < 4.78 is 5.15. The molecule has 3 heterocycles. The molecule has 0 saturated carbocycles. The lowest BCUT2D eigenvalue weighted by Crippen LogP contribution is -2.48. The number of hydrogen-bond acceptors (Lipinski definition) is 4. The van der Waals surface area contributed by atoms with Crippen LogP contribution in [0.2, 0.25) is 0 Å². The fourth-order valence-electron chi connectivity index (χ4n) is 5.17. The smallest absolute Gasteiger partial charge is 0.248 e. The second-order valence-electron chi connectivity index (χ2n) is 8.54. The van der Waals surface area contributed by atoms with Crippen molar-refractivity contribution >= 4 is 16.8 Å². The Bertz CT molecular complexity index is 811. The predicted octanol–water partition coefficient (Wildman–Crippen LogP) is 3.86. The summed E-state index contributed by atoms with van der Waals surface area (Å²) in [5, 5.41) is 1.21. The Labute approximate surface area is 174 Å². The van der Waals surface area contributed by atoms with E-state index in [9.17, 15) is 4.79 Å². The lowest BCUT2D eigenvalue weighted by molar-refractivity contribution is -0.139. The highest BCUT2D eigenvalue weighted by atomic mass is 16.5. The van der Waals surface area contributed by atoms with Gasteiger partial charge in [-0.3, -0.25) is 14.7 Å². The second-order valence-corrected chi connectivity index (χ2v) is 8.54. The van der Waals surface area contributed by atoms with Gasteiger partial charge in [-0.2, -0.15) is 0 Å². The summed E-state index contributed by atoms with van der Waals surface area (Å²) in [4.78, 5) is 21.9. The van der Waals surface area contributed by atoms with Crippen LogP contribution in [0.5, 0.6) is 0 Å². The van der Waals surface area contributed by atoms with Crippen LogP contribution in [0, 0.1) is 5.92 Å². The van der Waals surface area contributed by atoms with Crippen molar-refractivity contribution in [2.45, 2.75) is 51.1 Å². The zero-order valence-corrected chi connectivity index (χ0v) is 17.6. The molecule has 0 radical (unpaired) electrons. The number of nitrogens with zero attached hydrogens (tertiary/aromatic N) is 3. The van der Waals surface area contributed by atoms with Crippen LogP contribution < -0.4 is 0 Å². The Balaban J connectivity index is 1.39. The maximum absolute atomic E-state index is 12.6. The van der Waals surface area contributed by atoms with Gasteiger partial charge in [-0.25, -0.2) is 0 Å². The molecule has 1 aromatic heterocycles. The van der Waals surface area contributed by atoms with Crippen molar-refractivity contribution in [2.24, 2.45) is 5.92 Å². The third-order valence-electron chi connectivity index (χ3n) is 6.67. The minimum absolute atomic E-state index is 0.170. The van der Waals surface area contributed by atoms with Crippen molar-refractivity contribution in [1.82, 2.24) is 14.8 Å². The van der Waals surface area contributed by atoms with Gasteiger partial charge in [0.1, 0.15) is 6.61 Å². The largest absolute Gasteiger partial charge is 0.375 e. The number of aromatic nitrogens is 1. The molecule has 0 unspecified atom stereocenters. The molecule has 5 heteroatoms. The molecule has 156 valence electrons. The molecule has 4 rings (SSSR count). The van der Waals surface area contributed by atoms with Crippen LogP contribution in [0.4, 0.5) is 0 Å². The van der Waals surface area contributed by atoms with E-state index in [0.717, 1.165) is 44.5 Å². The van der Waals surface area contributed by atoms with E-state index in [1.807, 2.05) is 12.3 Å². The summed E-state index contributed by atoms with van der Waals surface area (Å²) in [5.74, 6) is 0.777. The summed E-state index contributed by atoms with van der Waals surface area (Å²) in [7, 11) is 1.62. The van der Waals surface area contributed by atoms with E-state index in [1.54, 1.807) is 7.11 Å². The van der Waals surface area contributed by atoms with E-state index in [0.29, 0.717) is 12.0 Å². The second kappa shape index (κ2) is 9.68. The first-order valence-corrected chi connectivity index (χ1v) is 11.1. The van der Waals surface area contributed by atoms with E-state index >= 15 is 0 Å². The average Bonchev–Trinajstić information content (AvgIpc) is 3.01. The molecular formula is C24H33N3O2. The van der Waals surface area contributed by atoms with Gasteiger partial charge in [-0.1, -0.05) is 37.1 Å². The summed E-state index contributed by atoms with van der Waals surface area (Å²) >= 11 is 0. The van der Waals surface area contributed by atoms with Gasteiger partial charge in [-0.15, -0.1) is 0 Å². The fraction of sp³-hybridized carbons (Fsp3) is 0.583. The van der Waals surface area contributed by atoms with Crippen LogP contribution in [0.25, 0.3) is 10.9 Å². The zero-order chi connectivity index (χ0) is 20.1. The van der Waals surface area contributed by atoms with Gasteiger partial charge in [0.15, 0.2) is 0 Å². The number of carbonyl (C=O) groups excluding carboxylic acids is 1. The number of piperidine rings is 1. The molecule has 2 aliphatic heterocycles. The van der Waals surface area contributed by atoms with Gasteiger partial charge in [0.2, 0.25) is 5.91 Å². The van der Waals surface area contributed by atoms with Crippen molar-refractivity contribution in [3.05, 3.63) is 42.1 Å². The number of ether oxygens (including phenoxy) is 1. The number of amides is 1. The van der Waals surface area contributed by atoms with Crippen LogP contribution in [-0.2, 0) is 16.1 Å². The molecule has 2 fully saturated rings. The molecule has 29 heavy (non-hydrogen) atoms. The van der Waals surface area contributed by atoms with Gasteiger partial charge >= 0.3 is 0 Å². The SMILES string of the molecule is COCC(=O)N1CCCCC[C@H]1C1CCN(Cc2cccc3cccnc23)CC1. The third-order valence-corrected chi connectivity index (χ3v) is 6.67. The number of carbonyl (C=O) groups is 1. The van der Waals surface area contributed by atoms with Crippen molar-refractivity contribution in [3.8, 4) is 0 Å². The van der Waals surface area contributed by atoms with Gasteiger partial charge in [0.25, 0.3) is 0 Å². The number of fused-ring (bicyclic) bond motifs is 1. The normalized spacial score (nSPS) is 22.0. The Hall–Kier alpha value is -1.98. The van der Waals surface area contributed by atoms with Crippen molar-refractivity contribution in [1.29, 1.82) is 0 Å². The summed E-state index contributed by atoms with van der Waals surface area (Å²) in [5.41, 5.74) is 2.44. The summed E-state index contributed by atoms with van der Waals surface area (Å²) in [6, 6.07) is 11.0. The average molecular weight is 396 g/mol. The molecular weight excluding hydrogens is 362 g/mol. The molecule has 5 nitrogen and oxygen atoms in total. The van der Waals surface area contributed by atoms with Crippen LogP contribution >= 0.6 is 0 Å². The topological polar surface area (TPSA) is 45.7 Å². The van der Waals surface area contributed by atoms with Gasteiger partial charge in [-0.05, 0) is 56.3 Å². The number of likely N-dealkylation sites (tertiary alicyclic amines) is 2. The van der Waals surface area contributed by atoms with E-state index in [4.69, 9.17) is 4.74 Å². The lowest BCUT2D eigenvalue weighted by Gasteiger charge is -2.40. The molecule has 2 saturated heterocycles. The number of benzene rings is 1. The van der Waals surface area contributed by atoms with Gasteiger partial charge < -0.3 is 9.64 Å². The quantitative estimate of drug-likeness (QED) is 0.771. The van der Waals surface area contributed by atoms with Crippen LogP contribution in [-0.4, -0.2) is 60.1 Å². The molecule has 0 N–H and O–H groups in total. The van der Waals surface area contributed by atoms with Crippen molar-refractivity contribution in [3.63, 3.8) is 0 Å². The zero-order valence-electron chi connectivity index (χ0n) is 17.6. The number of methoxy groups -OCH3 is 1. The first kappa shape index (κ1) is 20.3. The molecule has 1 amide bonds. The van der Waals surface area contributed by atoms with Crippen LogP contribution in [0.1, 0.15) is 44.1 Å². The van der Waals surface area contributed by atoms with E-state index in [-0.39, 0.29) is 12.5 Å². The Morgan fingerprint density at radius 1 is 1.07 bits per heavy atom. The molecule has 2 aliphatic rings. The van der Waals surface area contributed by atoms with Crippen molar-refractivity contribution in [2.75, 3.05) is 33.4 Å². The first-order chi connectivity index (χ1) is 14.3. The van der Waals surface area contributed by atoms with Crippen LogP contribution in [0.15, 0.2) is 36.5 Å². The standard InChI is InChI=1S/C24H33N3O2/c1-29-18-23(28)27-14-4-2-3-10-22(27)19-11-15-26(16-12-19)17-21-8-5-7-20-9-6-13-25-24(20)21/h5-9,13,19,22H,2-4,10-12,14-18H2,1H3/t22-/m0/s1.